The summed E-state index contributed by atoms with van der Waals surface area (Å²) in [5.41, 5.74) is 5.21. The van der Waals surface area contributed by atoms with Crippen LogP contribution in [0.3, 0.4) is 0 Å². The molecule has 0 bridgehead atoms. The van der Waals surface area contributed by atoms with Crippen LogP contribution in [0, 0.1) is 0 Å². The van der Waals surface area contributed by atoms with Crippen LogP contribution in [0.5, 0.6) is 0 Å². The molecule has 0 amide bonds. The Hall–Kier alpha value is 0.0249. The van der Waals surface area contributed by atoms with Crippen LogP contribution in [-0.2, 0) is 0 Å². The van der Waals surface area contributed by atoms with E-state index in [0.717, 1.165) is 6.54 Å². The van der Waals surface area contributed by atoms with Gasteiger partial charge in [0.2, 0.25) is 0 Å². The summed E-state index contributed by atoms with van der Waals surface area (Å²) in [5.74, 6) is 0. The second-order valence-electron chi connectivity index (χ2n) is 1.50. The topological polar surface area (TPSA) is 26.0 Å². The van der Waals surface area contributed by atoms with E-state index in [1.54, 1.807) is 0 Å². The Balaban J connectivity index is 0. The van der Waals surface area contributed by atoms with Crippen molar-refractivity contribution in [2.75, 3.05) is 6.54 Å². The molecule has 0 aliphatic heterocycles. The molecule has 0 saturated heterocycles. The van der Waals surface area contributed by atoms with Gasteiger partial charge in [-0.15, -0.1) is 0 Å². The monoisotopic (exact) mass is 101 g/mol. The normalized spacial score (nSPS) is 7.71. The molecule has 0 unspecified atom stereocenters. The van der Waals surface area contributed by atoms with Crippen LogP contribution in [-0.4, -0.2) is 15.0 Å². The molecule has 7 heavy (non-hydrogen) atoms. The molecule has 2 N–H and O–H groups in total. The standard InChI is InChI=1S/C5H13N.BH3/c1-2-3-4-5-6;/h2-6H2,1H3;1H3. The molecule has 0 fully saturated rings. The van der Waals surface area contributed by atoms with E-state index in [4.69, 9.17) is 5.73 Å². The Kier molecular flexibility index (Phi) is 13.5. The van der Waals surface area contributed by atoms with Crippen LogP contribution in [0.2, 0.25) is 0 Å². The first kappa shape index (κ1) is 10.1. The van der Waals surface area contributed by atoms with Crippen LogP contribution in [0.25, 0.3) is 0 Å². The van der Waals surface area contributed by atoms with Crippen LogP contribution >= 0.6 is 0 Å². The van der Waals surface area contributed by atoms with Gasteiger partial charge >= 0.3 is 0 Å². The Morgan fingerprint density at radius 3 is 2.00 bits per heavy atom. The number of hydrogen-bond donors (Lipinski definition) is 1. The van der Waals surface area contributed by atoms with Crippen molar-refractivity contribution < 1.29 is 0 Å². The molecule has 0 aromatic heterocycles. The number of nitrogens with two attached hydrogens (primary N) is 1. The van der Waals surface area contributed by atoms with Crippen LogP contribution in [0.15, 0.2) is 0 Å². The quantitative estimate of drug-likeness (QED) is 0.391. The molecule has 1 nitrogen and oxygen atoms in total. The smallest absolute Gasteiger partial charge is 0.0814 e. The minimum atomic E-state index is 0. The van der Waals surface area contributed by atoms with Crippen LogP contribution < -0.4 is 5.73 Å². The largest absolute Gasteiger partial charge is 0.330 e. The molecule has 0 saturated carbocycles. The fraction of sp³-hybridized carbons (Fsp3) is 1.00. The minimum absolute atomic E-state index is 0. The zero-order chi connectivity index (χ0) is 4.83. The van der Waals surface area contributed by atoms with Crippen molar-refractivity contribution in [3.05, 3.63) is 0 Å². The molecule has 2 heteroatoms. The predicted octanol–water partition coefficient (Wildman–Crippen LogP) is -0.0486. The summed E-state index contributed by atoms with van der Waals surface area (Å²) < 4.78 is 0. The fourth-order valence-corrected chi connectivity index (χ4v) is 0.394. The molecule has 0 spiro atoms. The molecule has 44 valence electrons. The maximum absolute atomic E-state index is 5.21. The Morgan fingerprint density at radius 1 is 1.29 bits per heavy atom. The predicted molar refractivity (Wildman–Crippen MR) is 38.5 cm³/mol. The van der Waals surface area contributed by atoms with Gasteiger partial charge in [-0.25, -0.2) is 0 Å². The van der Waals surface area contributed by atoms with Gasteiger partial charge in [0.1, 0.15) is 0 Å². The molecule has 0 aromatic carbocycles. The molecule has 0 aromatic rings. The van der Waals surface area contributed by atoms with Gasteiger partial charge in [-0.1, -0.05) is 19.8 Å². The highest BCUT2D eigenvalue weighted by Crippen LogP contribution is 1.88. The third-order valence-electron chi connectivity index (χ3n) is 0.808. The summed E-state index contributed by atoms with van der Waals surface area (Å²) >= 11 is 0. The van der Waals surface area contributed by atoms with E-state index in [9.17, 15) is 0 Å². The summed E-state index contributed by atoms with van der Waals surface area (Å²) in [7, 11) is 0. The van der Waals surface area contributed by atoms with E-state index >= 15 is 0 Å². The number of hydrogen-bond acceptors (Lipinski definition) is 1. The molecule has 0 aliphatic carbocycles. The number of unbranched alkanes of at least 4 members (excludes halogenated alkanes) is 2. The highest BCUT2D eigenvalue weighted by molar-refractivity contribution is 5.75. The summed E-state index contributed by atoms with van der Waals surface area (Å²) in [6, 6.07) is 0. The molecular weight excluding hydrogens is 84.9 g/mol. The summed E-state index contributed by atoms with van der Waals surface area (Å²) in [4.78, 5) is 0. The Bertz CT molecular complexity index is 20.0. The summed E-state index contributed by atoms with van der Waals surface area (Å²) in [6.07, 6.45) is 3.75. The summed E-state index contributed by atoms with van der Waals surface area (Å²) in [6.45, 7) is 3.03. The molecule has 0 atom stereocenters. The van der Waals surface area contributed by atoms with Gasteiger partial charge in [0, 0.05) is 0 Å². The van der Waals surface area contributed by atoms with E-state index in [2.05, 4.69) is 6.92 Å². The first-order valence-electron chi connectivity index (χ1n) is 2.62. The van der Waals surface area contributed by atoms with Crippen molar-refractivity contribution in [3.63, 3.8) is 0 Å². The van der Waals surface area contributed by atoms with E-state index in [0.29, 0.717) is 0 Å². The Labute approximate surface area is 47.9 Å². The van der Waals surface area contributed by atoms with E-state index in [1.165, 1.54) is 19.3 Å². The zero-order valence-corrected chi connectivity index (χ0v) is 4.41. The lowest BCUT2D eigenvalue weighted by atomic mass is 10.3. The van der Waals surface area contributed by atoms with Crippen molar-refractivity contribution in [1.29, 1.82) is 0 Å². The van der Waals surface area contributed by atoms with Gasteiger partial charge in [-0.2, -0.15) is 0 Å². The third-order valence-corrected chi connectivity index (χ3v) is 0.808. The first-order valence-corrected chi connectivity index (χ1v) is 2.62. The second kappa shape index (κ2) is 9.39. The zero-order valence-electron chi connectivity index (χ0n) is 4.41. The molecule has 0 aliphatic rings. The van der Waals surface area contributed by atoms with Gasteiger partial charge in [0.05, 0.1) is 8.41 Å². The SMILES string of the molecule is B.CCCCCN. The van der Waals surface area contributed by atoms with Gasteiger partial charge < -0.3 is 5.73 Å². The van der Waals surface area contributed by atoms with Crippen molar-refractivity contribution >= 4 is 8.41 Å². The maximum atomic E-state index is 5.21. The molecule has 0 radical (unpaired) electrons. The lowest BCUT2D eigenvalue weighted by molar-refractivity contribution is 0.727. The van der Waals surface area contributed by atoms with Crippen molar-refractivity contribution in [3.8, 4) is 0 Å². The highest BCUT2D eigenvalue weighted by Gasteiger charge is 1.75. The third kappa shape index (κ3) is 10.7. The lowest BCUT2D eigenvalue weighted by Gasteiger charge is -1.86. The highest BCUT2D eigenvalue weighted by atomic mass is 14.5. The van der Waals surface area contributed by atoms with Gasteiger partial charge in [-0.05, 0) is 13.0 Å². The van der Waals surface area contributed by atoms with Crippen LogP contribution in [0.1, 0.15) is 26.2 Å². The van der Waals surface area contributed by atoms with Crippen molar-refractivity contribution in [1.82, 2.24) is 0 Å². The van der Waals surface area contributed by atoms with Crippen LogP contribution in [0.4, 0.5) is 0 Å². The molecule has 0 rings (SSSR count). The van der Waals surface area contributed by atoms with Gasteiger partial charge in [0.25, 0.3) is 0 Å². The number of rotatable bonds is 3. The Morgan fingerprint density at radius 2 is 1.86 bits per heavy atom. The van der Waals surface area contributed by atoms with E-state index in [1.807, 2.05) is 0 Å². The van der Waals surface area contributed by atoms with Crippen molar-refractivity contribution in [2.45, 2.75) is 26.2 Å². The van der Waals surface area contributed by atoms with E-state index in [-0.39, 0.29) is 8.41 Å². The molecule has 0 heterocycles. The van der Waals surface area contributed by atoms with Gasteiger partial charge in [-0.3, -0.25) is 0 Å². The lowest BCUT2D eigenvalue weighted by Crippen LogP contribution is -1.96. The first-order chi connectivity index (χ1) is 2.91. The van der Waals surface area contributed by atoms with E-state index < -0.39 is 0 Å². The van der Waals surface area contributed by atoms with Crippen molar-refractivity contribution in [2.24, 2.45) is 5.73 Å². The molecular formula is C5H16BN. The fourth-order valence-electron chi connectivity index (χ4n) is 0.394. The van der Waals surface area contributed by atoms with Gasteiger partial charge in [0.15, 0.2) is 0 Å². The second-order valence-corrected chi connectivity index (χ2v) is 1.50. The average Bonchev–Trinajstić information content (AvgIpc) is 1.61. The maximum Gasteiger partial charge on any atom is 0.0814 e. The summed E-state index contributed by atoms with van der Waals surface area (Å²) in [5, 5.41) is 0. The minimum Gasteiger partial charge on any atom is -0.330 e. The average molecular weight is 101 g/mol.